The number of hydrogen-bond donors (Lipinski definition) is 1. The molecule has 2 aromatic rings. The second-order valence-electron chi connectivity index (χ2n) is 5.23. The molecule has 0 spiro atoms. The highest BCUT2D eigenvalue weighted by atomic mass is 35.5. The molecule has 0 radical (unpaired) electrons. The van der Waals surface area contributed by atoms with Crippen molar-refractivity contribution in [3.63, 3.8) is 0 Å². The first kappa shape index (κ1) is 19.0. The molecule has 25 heavy (non-hydrogen) atoms. The van der Waals surface area contributed by atoms with Gasteiger partial charge in [-0.3, -0.25) is 9.48 Å². The van der Waals surface area contributed by atoms with Crippen molar-refractivity contribution in [3.05, 3.63) is 33.4 Å². The highest BCUT2D eigenvalue weighted by molar-refractivity contribution is 7.14. The fourth-order valence-electron chi connectivity index (χ4n) is 2.10. The Morgan fingerprint density at radius 3 is 2.96 bits per heavy atom. The molecule has 0 saturated heterocycles. The lowest BCUT2D eigenvalue weighted by molar-refractivity contribution is -0.119. The number of aromatic nitrogens is 2. The highest BCUT2D eigenvalue weighted by Crippen LogP contribution is 2.23. The van der Waals surface area contributed by atoms with Gasteiger partial charge in [0.1, 0.15) is 21.8 Å². The molecule has 1 amide bonds. The highest BCUT2D eigenvalue weighted by Gasteiger charge is 2.22. The van der Waals surface area contributed by atoms with E-state index in [2.05, 4.69) is 10.4 Å². The fourth-order valence-corrected chi connectivity index (χ4v) is 3.19. The third-order valence-electron chi connectivity index (χ3n) is 3.37. The minimum absolute atomic E-state index is 0.166. The summed E-state index contributed by atoms with van der Waals surface area (Å²) in [7, 11) is 0. The molecule has 7 nitrogen and oxygen atoms in total. The zero-order chi connectivity index (χ0) is 18.4. The van der Waals surface area contributed by atoms with E-state index in [9.17, 15) is 9.59 Å². The molecule has 0 atom stereocenters. The summed E-state index contributed by atoms with van der Waals surface area (Å²) in [5.74, 6) is -1.23. The molecule has 0 saturated carbocycles. The van der Waals surface area contributed by atoms with Crippen molar-refractivity contribution in [3.8, 4) is 6.07 Å². The Labute approximate surface area is 154 Å². The number of thiophene rings is 1. The number of nitrogens with zero attached hydrogens (tertiary/aromatic N) is 3. The van der Waals surface area contributed by atoms with Gasteiger partial charge in [-0.1, -0.05) is 24.9 Å². The molecule has 2 aromatic heterocycles. The van der Waals surface area contributed by atoms with Crippen molar-refractivity contribution in [1.82, 2.24) is 9.78 Å². The van der Waals surface area contributed by atoms with Gasteiger partial charge >= 0.3 is 5.97 Å². The molecule has 1 N–H and O–H groups in total. The van der Waals surface area contributed by atoms with Crippen LogP contribution in [-0.2, 0) is 16.1 Å². The summed E-state index contributed by atoms with van der Waals surface area (Å²) in [5, 5.41) is 18.0. The number of rotatable bonds is 7. The molecule has 0 aliphatic heterocycles. The van der Waals surface area contributed by atoms with Crippen molar-refractivity contribution in [1.29, 1.82) is 5.26 Å². The van der Waals surface area contributed by atoms with Crippen LogP contribution in [0, 0.1) is 18.3 Å². The molecular formula is C16H17ClN4O3S. The number of nitrogens with one attached hydrogen (secondary N) is 1. The number of carbonyl (C=O) groups is 2. The number of unbranched alkanes of at least 4 members (excludes halogenated alkanes) is 1. The first-order valence-corrected chi connectivity index (χ1v) is 8.91. The van der Waals surface area contributed by atoms with Crippen LogP contribution in [0.4, 0.5) is 5.00 Å². The van der Waals surface area contributed by atoms with Gasteiger partial charge in [-0.25, -0.2) is 4.79 Å². The van der Waals surface area contributed by atoms with Gasteiger partial charge < -0.3 is 10.1 Å². The van der Waals surface area contributed by atoms with E-state index in [0.717, 1.165) is 12.8 Å². The lowest BCUT2D eigenvalue weighted by Crippen LogP contribution is -2.21. The second kappa shape index (κ2) is 8.65. The number of nitriles is 1. The number of anilines is 1. The van der Waals surface area contributed by atoms with E-state index in [1.165, 1.54) is 11.3 Å². The summed E-state index contributed by atoms with van der Waals surface area (Å²) in [6.07, 6.45) is 1.86. The minimum atomic E-state index is -0.702. The molecule has 0 bridgehead atoms. The van der Waals surface area contributed by atoms with Crippen LogP contribution < -0.4 is 5.32 Å². The molecular weight excluding hydrogens is 364 g/mol. The van der Waals surface area contributed by atoms with Gasteiger partial charge in [0.25, 0.3) is 5.91 Å². The molecule has 0 unspecified atom stereocenters. The van der Waals surface area contributed by atoms with Crippen molar-refractivity contribution in [2.24, 2.45) is 0 Å². The first-order valence-electron chi connectivity index (χ1n) is 7.65. The topological polar surface area (TPSA) is 97.0 Å². The monoisotopic (exact) mass is 380 g/mol. The van der Waals surface area contributed by atoms with Gasteiger partial charge in [-0.2, -0.15) is 10.4 Å². The summed E-state index contributed by atoms with van der Waals surface area (Å²) in [5.41, 5.74) is 0.983. The third kappa shape index (κ3) is 4.59. The van der Waals surface area contributed by atoms with E-state index < -0.39 is 18.5 Å². The average Bonchev–Trinajstić information content (AvgIpc) is 3.14. The van der Waals surface area contributed by atoms with Crippen LogP contribution in [0.3, 0.4) is 0 Å². The van der Waals surface area contributed by atoms with Crippen LogP contribution >= 0.6 is 22.9 Å². The van der Waals surface area contributed by atoms with Gasteiger partial charge in [0.15, 0.2) is 6.61 Å². The Hall–Kier alpha value is -2.37. The summed E-state index contributed by atoms with van der Waals surface area (Å²) < 4.78 is 6.58. The quantitative estimate of drug-likeness (QED) is 0.742. The molecule has 0 aromatic carbocycles. The summed E-state index contributed by atoms with van der Waals surface area (Å²) in [4.78, 5) is 24.1. The Bertz CT molecular complexity index is 822. The lowest BCUT2D eigenvalue weighted by Gasteiger charge is -2.06. The SMILES string of the molecule is CCCCn1nc(C)c(C(=O)OCC(=O)Nc2sccc2C#N)c1Cl. The van der Waals surface area contributed by atoms with Crippen molar-refractivity contribution >= 4 is 39.8 Å². The van der Waals surface area contributed by atoms with E-state index in [1.54, 1.807) is 23.1 Å². The molecule has 2 heterocycles. The predicted molar refractivity (Wildman–Crippen MR) is 94.8 cm³/mol. The number of hydrogen-bond acceptors (Lipinski definition) is 6. The van der Waals surface area contributed by atoms with Crippen LogP contribution in [0.25, 0.3) is 0 Å². The molecule has 132 valence electrons. The molecule has 0 fully saturated rings. The number of ether oxygens (including phenoxy) is 1. The number of esters is 1. The zero-order valence-electron chi connectivity index (χ0n) is 13.8. The largest absolute Gasteiger partial charge is 0.452 e. The minimum Gasteiger partial charge on any atom is -0.452 e. The number of amides is 1. The van der Waals surface area contributed by atoms with E-state index in [-0.39, 0.29) is 10.7 Å². The van der Waals surface area contributed by atoms with E-state index in [1.807, 2.05) is 13.0 Å². The number of carbonyl (C=O) groups excluding carboxylic acids is 2. The van der Waals surface area contributed by atoms with Crippen molar-refractivity contribution in [2.45, 2.75) is 33.2 Å². The van der Waals surface area contributed by atoms with Crippen LogP contribution in [0.15, 0.2) is 11.4 Å². The molecule has 2 rings (SSSR count). The van der Waals surface area contributed by atoms with Crippen LogP contribution in [0.2, 0.25) is 5.15 Å². The Morgan fingerprint density at radius 2 is 2.28 bits per heavy atom. The van der Waals surface area contributed by atoms with E-state index >= 15 is 0 Å². The van der Waals surface area contributed by atoms with Crippen LogP contribution in [0.1, 0.15) is 41.4 Å². The summed E-state index contributed by atoms with van der Waals surface area (Å²) in [6.45, 7) is 3.84. The smallest absolute Gasteiger partial charge is 0.343 e. The van der Waals surface area contributed by atoms with Gasteiger partial charge in [0.2, 0.25) is 0 Å². The predicted octanol–water partition coefficient (Wildman–Crippen LogP) is 3.37. The van der Waals surface area contributed by atoms with Crippen molar-refractivity contribution in [2.75, 3.05) is 11.9 Å². The van der Waals surface area contributed by atoms with E-state index in [4.69, 9.17) is 21.6 Å². The van der Waals surface area contributed by atoms with Crippen LogP contribution in [0.5, 0.6) is 0 Å². The van der Waals surface area contributed by atoms with Gasteiger partial charge in [0.05, 0.1) is 11.3 Å². The normalized spacial score (nSPS) is 10.3. The zero-order valence-corrected chi connectivity index (χ0v) is 15.4. The Kier molecular flexibility index (Phi) is 6.56. The third-order valence-corrected chi connectivity index (χ3v) is 4.58. The molecule has 0 aliphatic carbocycles. The number of halogens is 1. The maximum absolute atomic E-state index is 12.2. The molecule has 9 heteroatoms. The Balaban J connectivity index is 1.97. The maximum atomic E-state index is 12.2. The maximum Gasteiger partial charge on any atom is 0.343 e. The van der Waals surface area contributed by atoms with Gasteiger partial charge in [-0.15, -0.1) is 11.3 Å². The van der Waals surface area contributed by atoms with Gasteiger partial charge in [-0.05, 0) is 24.8 Å². The lowest BCUT2D eigenvalue weighted by atomic mass is 10.3. The van der Waals surface area contributed by atoms with Gasteiger partial charge in [0, 0.05) is 6.54 Å². The summed E-state index contributed by atoms with van der Waals surface area (Å²) in [6, 6.07) is 3.56. The summed E-state index contributed by atoms with van der Waals surface area (Å²) >= 11 is 7.41. The Morgan fingerprint density at radius 1 is 1.52 bits per heavy atom. The van der Waals surface area contributed by atoms with Crippen molar-refractivity contribution < 1.29 is 14.3 Å². The first-order chi connectivity index (χ1) is 12.0. The standard InChI is InChI=1S/C16H17ClN4O3S/c1-3-4-6-21-14(17)13(10(2)20-21)16(23)24-9-12(22)19-15-11(8-18)5-7-25-15/h5,7H,3-4,6,9H2,1-2H3,(H,19,22). The van der Waals surface area contributed by atoms with Crippen LogP contribution in [-0.4, -0.2) is 28.3 Å². The second-order valence-corrected chi connectivity index (χ2v) is 6.50. The fraction of sp³-hybridized carbons (Fsp3) is 0.375. The number of aryl methyl sites for hydroxylation is 2. The average molecular weight is 381 g/mol. The van der Waals surface area contributed by atoms with E-state index in [0.29, 0.717) is 22.8 Å². The molecule has 0 aliphatic rings.